The minimum Gasteiger partial charge on any atom is -0.403 e. The summed E-state index contributed by atoms with van der Waals surface area (Å²) in [7, 11) is 0. The lowest BCUT2D eigenvalue weighted by molar-refractivity contribution is 0.0395. The quantitative estimate of drug-likeness (QED) is 0.531. The topological polar surface area (TPSA) is 143 Å². The summed E-state index contributed by atoms with van der Waals surface area (Å²) >= 11 is 5.95. The van der Waals surface area contributed by atoms with Gasteiger partial charge >= 0.3 is 0 Å². The molecule has 10 nitrogen and oxygen atoms in total. The Bertz CT molecular complexity index is 782. The molecule has 0 spiro atoms. The largest absolute Gasteiger partial charge is 0.403 e. The number of halogens is 1. The van der Waals surface area contributed by atoms with Crippen LogP contribution in [0.4, 0.5) is 11.8 Å². The van der Waals surface area contributed by atoms with Gasteiger partial charge in [0.05, 0.1) is 25.5 Å². The van der Waals surface area contributed by atoms with Crippen LogP contribution in [0.5, 0.6) is 0 Å². The van der Waals surface area contributed by atoms with Gasteiger partial charge in [-0.2, -0.15) is 15.1 Å². The number of fused-ring (bicyclic) bond motifs is 1. The average molecular weight is 366 g/mol. The summed E-state index contributed by atoms with van der Waals surface area (Å²) < 4.78 is 5.31. The first-order valence-corrected chi connectivity index (χ1v) is 8.21. The van der Waals surface area contributed by atoms with Crippen molar-refractivity contribution in [2.24, 2.45) is 10.7 Å². The second-order valence-corrected chi connectivity index (χ2v) is 5.78. The average Bonchev–Trinajstić information content (AvgIpc) is 3.00. The zero-order chi connectivity index (χ0) is 17.6. The number of aromatic nitrogens is 4. The van der Waals surface area contributed by atoms with Gasteiger partial charge in [0.2, 0.25) is 5.95 Å². The Morgan fingerprint density at radius 1 is 1.40 bits per heavy atom. The molecule has 1 saturated heterocycles. The van der Waals surface area contributed by atoms with Crippen molar-refractivity contribution in [1.82, 2.24) is 25.1 Å². The Balaban J connectivity index is 1.59. The number of nitrogens with two attached hydrogens (primary N) is 2. The molecule has 1 aliphatic heterocycles. The molecule has 2 aromatic rings. The van der Waals surface area contributed by atoms with Crippen LogP contribution in [0, 0.1) is 0 Å². The van der Waals surface area contributed by atoms with Gasteiger partial charge in [0.25, 0.3) is 0 Å². The van der Waals surface area contributed by atoms with E-state index in [9.17, 15) is 0 Å². The monoisotopic (exact) mass is 365 g/mol. The standard InChI is InChI=1S/C14H20ClN9O/c15-11-10-12(17)20-14(21-13(10)23-22-11)19-9(7-16)8-18-1-2-24-3-5-25-6-4-24/h7-8H,1-6,16H2,(H4,17,19,20,21,22,23). The number of nitrogens with zero attached hydrogens (tertiary/aromatic N) is 5. The van der Waals surface area contributed by atoms with Crippen molar-refractivity contribution in [3.8, 4) is 0 Å². The second-order valence-electron chi connectivity index (χ2n) is 5.40. The number of H-pyrrole nitrogens is 1. The number of aromatic amines is 1. The maximum atomic E-state index is 5.95. The van der Waals surface area contributed by atoms with E-state index in [0.29, 0.717) is 28.4 Å². The number of ether oxygens (including phenoxy) is 1. The molecule has 0 saturated carbocycles. The molecular weight excluding hydrogens is 346 g/mol. The van der Waals surface area contributed by atoms with Gasteiger partial charge in [0, 0.05) is 32.0 Å². The van der Waals surface area contributed by atoms with E-state index < -0.39 is 0 Å². The molecule has 0 unspecified atom stereocenters. The van der Waals surface area contributed by atoms with E-state index in [4.69, 9.17) is 27.8 Å². The van der Waals surface area contributed by atoms with E-state index in [1.165, 1.54) is 6.20 Å². The molecule has 1 aliphatic rings. The van der Waals surface area contributed by atoms with Gasteiger partial charge in [0.15, 0.2) is 5.65 Å². The fraction of sp³-hybridized carbons (Fsp3) is 0.429. The van der Waals surface area contributed by atoms with Crippen molar-refractivity contribution in [1.29, 1.82) is 0 Å². The maximum Gasteiger partial charge on any atom is 0.231 e. The van der Waals surface area contributed by atoms with Crippen molar-refractivity contribution in [2.75, 3.05) is 50.4 Å². The number of morpholine rings is 1. The fourth-order valence-electron chi connectivity index (χ4n) is 2.40. The van der Waals surface area contributed by atoms with Gasteiger partial charge in [0.1, 0.15) is 16.4 Å². The molecular formula is C14H20ClN9O. The number of nitrogen functional groups attached to an aromatic ring is 1. The normalized spacial score (nSPS) is 16.8. The summed E-state index contributed by atoms with van der Waals surface area (Å²) in [4.78, 5) is 15.1. The van der Waals surface area contributed by atoms with E-state index in [0.717, 1.165) is 32.8 Å². The highest BCUT2D eigenvalue weighted by molar-refractivity contribution is 6.35. The van der Waals surface area contributed by atoms with Gasteiger partial charge in [-0.3, -0.25) is 15.0 Å². The third-order valence-electron chi connectivity index (χ3n) is 3.71. The van der Waals surface area contributed by atoms with E-state index in [1.807, 2.05) is 0 Å². The number of aliphatic imine (C=N–C) groups is 1. The Labute approximate surface area is 149 Å². The molecule has 0 aromatic carbocycles. The van der Waals surface area contributed by atoms with Crippen LogP contribution in [0.1, 0.15) is 0 Å². The number of nitrogens with one attached hydrogen (secondary N) is 2. The Hall–Kier alpha value is -2.43. The molecule has 0 aliphatic carbocycles. The van der Waals surface area contributed by atoms with Crippen molar-refractivity contribution in [3.63, 3.8) is 0 Å². The van der Waals surface area contributed by atoms with Crippen molar-refractivity contribution in [2.45, 2.75) is 0 Å². The summed E-state index contributed by atoms with van der Waals surface area (Å²) in [5.41, 5.74) is 12.4. The molecule has 3 heterocycles. The number of allylic oxidation sites excluding steroid dienone is 1. The summed E-state index contributed by atoms with van der Waals surface area (Å²) in [6.45, 7) is 4.96. The van der Waals surface area contributed by atoms with Crippen LogP contribution in [0.3, 0.4) is 0 Å². The van der Waals surface area contributed by atoms with Crippen molar-refractivity contribution >= 4 is 40.6 Å². The van der Waals surface area contributed by atoms with E-state index in [2.05, 4.69) is 35.4 Å². The SMILES string of the molecule is NC=C(C=NCCN1CCOCC1)Nc1nc(N)c2c(Cl)[nH]nc2n1. The lowest BCUT2D eigenvalue weighted by Gasteiger charge is -2.25. The Morgan fingerprint density at radius 3 is 2.96 bits per heavy atom. The zero-order valence-corrected chi connectivity index (χ0v) is 14.3. The Morgan fingerprint density at radius 2 is 2.20 bits per heavy atom. The van der Waals surface area contributed by atoms with Gasteiger partial charge in [-0.25, -0.2) is 0 Å². The van der Waals surface area contributed by atoms with E-state index >= 15 is 0 Å². The maximum absolute atomic E-state index is 5.95. The molecule has 0 radical (unpaired) electrons. The minimum absolute atomic E-state index is 0.229. The minimum atomic E-state index is 0.229. The third-order valence-corrected chi connectivity index (χ3v) is 3.99. The van der Waals surface area contributed by atoms with Gasteiger partial charge in [-0.05, 0) is 0 Å². The second kappa shape index (κ2) is 8.10. The molecule has 25 heavy (non-hydrogen) atoms. The number of hydrogen-bond acceptors (Lipinski definition) is 9. The molecule has 1 fully saturated rings. The third kappa shape index (κ3) is 4.35. The summed E-state index contributed by atoms with van der Waals surface area (Å²) in [6, 6.07) is 0. The van der Waals surface area contributed by atoms with Crippen LogP contribution in [0.15, 0.2) is 16.9 Å². The number of rotatable bonds is 6. The van der Waals surface area contributed by atoms with Crippen LogP contribution >= 0.6 is 11.6 Å². The molecule has 3 rings (SSSR count). The van der Waals surface area contributed by atoms with Crippen molar-refractivity contribution < 1.29 is 4.74 Å². The molecule has 0 atom stereocenters. The van der Waals surface area contributed by atoms with Crippen LogP contribution in [0.2, 0.25) is 5.15 Å². The molecule has 134 valence electrons. The lowest BCUT2D eigenvalue weighted by Crippen LogP contribution is -2.37. The smallest absolute Gasteiger partial charge is 0.231 e. The first-order chi connectivity index (χ1) is 12.2. The number of anilines is 2. The van der Waals surface area contributed by atoms with E-state index in [1.54, 1.807) is 6.21 Å². The lowest BCUT2D eigenvalue weighted by atomic mass is 10.4. The van der Waals surface area contributed by atoms with Crippen LogP contribution in [0.25, 0.3) is 11.0 Å². The first-order valence-electron chi connectivity index (χ1n) is 7.83. The Kier molecular flexibility index (Phi) is 5.64. The first kappa shape index (κ1) is 17.4. The molecule has 2 aromatic heterocycles. The zero-order valence-electron chi connectivity index (χ0n) is 13.6. The molecule has 0 bridgehead atoms. The highest BCUT2D eigenvalue weighted by atomic mass is 35.5. The van der Waals surface area contributed by atoms with Crippen LogP contribution in [-0.4, -0.2) is 70.7 Å². The summed E-state index contributed by atoms with van der Waals surface area (Å²) in [5, 5.41) is 10.3. The number of hydrogen-bond donors (Lipinski definition) is 4. The predicted octanol–water partition coefficient (Wildman–Crippen LogP) is 0.204. The van der Waals surface area contributed by atoms with Gasteiger partial charge in [-0.1, -0.05) is 11.6 Å². The summed E-state index contributed by atoms with van der Waals surface area (Å²) in [5.74, 6) is 0.497. The molecule has 0 amide bonds. The highest BCUT2D eigenvalue weighted by Crippen LogP contribution is 2.24. The van der Waals surface area contributed by atoms with Crippen LogP contribution < -0.4 is 16.8 Å². The molecule has 6 N–H and O–H groups in total. The van der Waals surface area contributed by atoms with Crippen molar-refractivity contribution in [3.05, 3.63) is 17.1 Å². The molecule has 11 heteroatoms. The van der Waals surface area contributed by atoms with Gasteiger partial charge in [-0.15, -0.1) is 0 Å². The summed E-state index contributed by atoms with van der Waals surface area (Å²) in [6.07, 6.45) is 3.03. The van der Waals surface area contributed by atoms with Gasteiger partial charge < -0.3 is 21.5 Å². The van der Waals surface area contributed by atoms with Crippen LogP contribution in [-0.2, 0) is 4.74 Å². The fourth-order valence-corrected chi connectivity index (χ4v) is 2.63. The highest BCUT2D eigenvalue weighted by Gasteiger charge is 2.12. The van der Waals surface area contributed by atoms with E-state index in [-0.39, 0.29) is 11.8 Å². The predicted molar refractivity (Wildman–Crippen MR) is 97.6 cm³/mol.